The van der Waals surface area contributed by atoms with Crippen LogP contribution in [0.5, 0.6) is 0 Å². The molecular formula is C14H24. The SMILES string of the molecule is C=CCC(C)CC(=CCC)CC(=C)C. The third kappa shape index (κ3) is 6.71. The Hall–Kier alpha value is -0.780. The van der Waals surface area contributed by atoms with Crippen molar-refractivity contribution in [1.82, 2.24) is 0 Å². The van der Waals surface area contributed by atoms with E-state index < -0.39 is 0 Å². The van der Waals surface area contributed by atoms with Gasteiger partial charge in [-0.15, -0.1) is 6.58 Å². The van der Waals surface area contributed by atoms with E-state index in [1.165, 1.54) is 17.6 Å². The minimum Gasteiger partial charge on any atom is -0.103 e. The van der Waals surface area contributed by atoms with Gasteiger partial charge >= 0.3 is 0 Å². The Balaban J connectivity index is 4.15. The highest BCUT2D eigenvalue weighted by Crippen LogP contribution is 2.21. The fourth-order valence-corrected chi connectivity index (χ4v) is 1.72. The average molecular weight is 192 g/mol. The predicted octanol–water partition coefficient (Wildman–Crippen LogP) is 4.89. The van der Waals surface area contributed by atoms with Crippen molar-refractivity contribution in [3.05, 3.63) is 36.5 Å². The molecule has 0 heteroatoms. The van der Waals surface area contributed by atoms with E-state index >= 15 is 0 Å². The quantitative estimate of drug-likeness (QED) is 0.504. The molecule has 0 spiro atoms. The van der Waals surface area contributed by atoms with E-state index in [0.29, 0.717) is 5.92 Å². The second kappa shape index (κ2) is 7.61. The summed E-state index contributed by atoms with van der Waals surface area (Å²) >= 11 is 0. The lowest BCUT2D eigenvalue weighted by Crippen LogP contribution is -1.96. The molecule has 0 aromatic rings. The van der Waals surface area contributed by atoms with E-state index in [2.05, 4.69) is 40.0 Å². The van der Waals surface area contributed by atoms with Crippen molar-refractivity contribution in [2.45, 2.75) is 46.5 Å². The number of hydrogen-bond donors (Lipinski definition) is 0. The monoisotopic (exact) mass is 192 g/mol. The zero-order valence-electron chi connectivity index (χ0n) is 9.97. The topological polar surface area (TPSA) is 0 Å². The molecule has 0 aliphatic carbocycles. The van der Waals surface area contributed by atoms with Gasteiger partial charge in [0.25, 0.3) is 0 Å². The maximum absolute atomic E-state index is 3.97. The van der Waals surface area contributed by atoms with Gasteiger partial charge in [-0.2, -0.15) is 0 Å². The molecular weight excluding hydrogens is 168 g/mol. The lowest BCUT2D eigenvalue weighted by Gasteiger charge is -2.12. The first-order chi connectivity index (χ1) is 6.60. The summed E-state index contributed by atoms with van der Waals surface area (Å²) < 4.78 is 0. The molecule has 0 heterocycles. The highest BCUT2D eigenvalue weighted by molar-refractivity contribution is 5.12. The maximum Gasteiger partial charge on any atom is -0.0114 e. The lowest BCUT2D eigenvalue weighted by atomic mass is 9.94. The van der Waals surface area contributed by atoms with Gasteiger partial charge in [-0.1, -0.05) is 43.7 Å². The largest absolute Gasteiger partial charge is 0.103 e. The summed E-state index contributed by atoms with van der Waals surface area (Å²) in [7, 11) is 0. The van der Waals surface area contributed by atoms with Crippen LogP contribution in [0.15, 0.2) is 36.5 Å². The Morgan fingerprint density at radius 1 is 1.43 bits per heavy atom. The van der Waals surface area contributed by atoms with Gasteiger partial charge in [-0.05, 0) is 38.5 Å². The summed E-state index contributed by atoms with van der Waals surface area (Å²) in [6.07, 6.45) is 8.84. The van der Waals surface area contributed by atoms with Crippen LogP contribution in [-0.2, 0) is 0 Å². The van der Waals surface area contributed by atoms with E-state index in [9.17, 15) is 0 Å². The number of hydrogen-bond acceptors (Lipinski definition) is 0. The lowest BCUT2D eigenvalue weighted by molar-refractivity contribution is 0.578. The highest BCUT2D eigenvalue weighted by Gasteiger charge is 2.04. The molecule has 80 valence electrons. The van der Waals surface area contributed by atoms with E-state index in [-0.39, 0.29) is 0 Å². The van der Waals surface area contributed by atoms with Crippen molar-refractivity contribution in [2.24, 2.45) is 5.92 Å². The molecule has 0 amide bonds. The summed E-state index contributed by atoms with van der Waals surface area (Å²) in [5.74, 6) is 0.713. The average Bonchev–Trinajstić information content (AvgIpc) is 2.03. The molecule has 0 N–H and O–H groups in total. The van der Waals surface area contributed by atoms with Crippen LogP contribution in [0.3, 0.4) is 0 Å². The van der Waals surface area contributed by atoms with Crippen molar-refractivity contribution in [3.8, 4) is 0 Å². The minimum atomic E-state index is 0.713. The van der Waals surface area contributed by atoms with Crippen LogP contribution >= 0.6 is 0 Å². The first kappa shape index (κ1) is 13.2. The van der Waals surface area contributed by atoms with Gasteiger partial charge in [-0.25, -0.2) is 0 Å². The van der Waals surface area contributed by atoms with Gasteiger partial charge < -0.3 is 0 Å². The normalized spacial score (nSPS) is 13.8. The van der Waals surface area contributed by atoms with Crippen LogP contribution in [0.1, 0.15) is 46.5 Å². The summed E-state index contributed by atoms with van der Waals surface area (Å²) in [4.78, 5) is 0. The van der Waals surface area contributed by atoms with Crippen molar-refractivity contribution < 1.29 is 0 Å². The number of allylic oxidation sites excluding steroid dienone is 4. The van der Waals surface area contributed by atoms with E-state index in [1.54, 1.807) is 0 Å². The second-order valence-electron chi connectivity index (χ2n) is 4.24. The molecule has 1 atom stereocenters. The Labute approximate surface area is 89.4 Å². The summed E-state index contributed by atoms with van der Waals surface area (Å²) in [5, 5.41) is 0. The molecule has 0 aromatic carbocycles. The van der Waals surface area contributed by atoms with Gasteiger partial charge in [0.05, 0.1) is 0 Å². The van der Waals surface area contributed by atoms with Crippen LogP contribution in [0, 0.1) is 5.92 Å². The van der Waals surface area contributed by atoms with Crippen LogP contribution in [0.4, 0.5) is 0 Å². The zero-order chi connectivity index (χ0) is 11.0. The Kier molecular flexibility index (Phi) is 7.18. The van der Waals surface area contributed by atoms with Crippen LogP contribution < -0.4 is 0 Å². The van der Waals surface area contributed by atoms with Crippen LogP contribution in [-0.4, -0.2) is 0 Å². The fraction of sp³-hybridized carbons (Fsp3) is 0.571. The first-order valence-electron chi connectivity index (χ1n) is 5.53. The maximum atomic E-state index is 3.97. The minimum absolute atomic E-state index is 0.713. The molecule has 0 fully saturated rings. The first-order valence-corrected chi connectivity index (χ1v) is 5.53. The van der Waals surface area contributed by atoms with Gasteiger partial charge in [-0.3, -0.25) is 0 Å². The molecule has 0 aliphatic heterocycles. The van der Waals surface area contributed by atoms with E-state index in [4.69, 9.17) is 0 Å². The molecule has 0 aromatic heterocycles. The van der Waals surface area contributed by atoms with Gasteiger partial charge in [0.1, 0.15) is 0 Å². The van der Waals surface area contributed by atoms with Gasteiger partial charge in [0.15, 0.2) is 0 Å². The Morgan fingerprint density at radius 2 is 2.07 bits per heavy atom. The van der Waals surface area contributed by atoms with Crippen molar-refractivity contribution in [3.63, 3.8) is 0 Å². The van der Waals surface area contributed by atoms with E-state index in [1.807, 2.05) is 6.08 Å². The molecule has 14 heavy (non-hydrogen) atoms. The summed E-state index contributed by atoms with van der Waals surface area (Å²) in [6.45, 7) is 14.3. The predicted molar refractivity (Wildman–Crippen MR) is 66.4 cm³/mol. The van der Waals surface area contributed by atoms with Gasteiger partial charge in [0, 0.05) is 0 Å². The van der Waals surface area contributed by atoms with Crippen molar-refractivity contribution >= 4 is 0 Å². The van der Waals surface area contributed by atoms with Crippen LogP contribution in [0.2, 0.25) is 0 Å². The molecule has 0 rings (SSSR count). The molecule has 0 aliphatic rings. The molecule has 0 saturated heterocycles. The molecule has 1 unspecified atom stereocenters. The highest BCUT2D eigenvalue weighted by atomic mass is 14.1. The standard InChI is InChI=1S/C14H24/c1-6-8-13(5)11-14(9-7-2)10-12(3)4/h6,9,13H,1,3,7-8,10-11H2,2,4-5H3. The third-order valence-corrected chi connectivity index (χ3v) is 2.20. The third-order valence-electron chi connectivity index (χ3n) is 2.20. The summed E-state index contributed by atoms with van der Waals surface area (Å²) in [6, 6.07) is 0. The zero-order valence-corrected chi connectivity index (χ0v) is 9.97. The molecule has 0 bridgehead atoms. The Bertz CT molecular complexity index is 208. The molecule has 0 nitrogen and oxygen atoms in total. The summed E-state index contributed by atoms with van der Waals surface area (Å²) in [5.41, 5.74) is 2.80. The fourth-order valence-electron chi connectivity index (χ4n) is 1.72. The van der Waals surface area contributed by atoms with E-state index in [0.717, 1.165) is 19.3 Å². The van der Waals surface area contributed by atoms with Crippen LogP contribution in [0.25, 0.3) is 0 Å². The second-order valence-corrected chi connectivity index (χ2v) is 4.24. The van der Waals surface area contributed by atoms with Crippen molar-refractivity contribution in [2.75, 3.05) is 0 Å². The van der Waals surface area contributed by atoms with Crippen molar-refractivity contribution in [1.29, 1.82) is 0 Å². The Morgan fingerprint density at radius 3 is 2.50 bits per heavy atom. The van der Waals surface area contributed by atoms with Gasteiger partial charge in [0.2, 0.25) is 0 Å². The number of rotatable bonds is 7. The smallest absolute Gasteiger partial charge is 0.0114 e. The molecule has 0 saturated carbocycles. The molecule has 0 radical (unpaired) electrons.